The first-order valence-electron chi connectivity index (χ1n) is 5.23. The van der Waals surface area contributed by atoms with E-state index in [-0.39, 0.29) is 0 Å². The molecule has 3 heteroatoms. The molecule has 3 nitrogen and oxygen atoms in total. The smallest absolute Gasteiger partial charge is 0.337 e. The second kappa shape index (κ2) is 3.16. The van der Waals surface area contributed by atoms with Gasteiger partial charge in [0.15, 0.2) is 6.08 Å². The summed E-state index contributed by atoms with van der Waals surface area (Å²) in [7, 11) is 0. The van der Waals surface area contributed by atoms with Crippen molar-refractivity contribution in [2.24, 2.45) is 0 Å². The lowest BCUT2D eigenvalue weighted by atomic mass is 10.1. The Morgan fingerprint density at radius 2 is 2.36 bits per heavy atom. The van der Waals surface area contributed by atoms with Gasteiger partial charge in [-0.1, -0.05) is 30.2 Å². The van der Waals surface area contributed by atoms with Crippen LogP contribution in [0.3, 0.4) is 0 Å². The van der Waals surface area contributed by atoms with Crippen molar-refractivity contribution in [2.75, 3.05) is 0 Å². The first kappa shape index (κ1) is 3.36. The van der Waals surface area contributed by atoms with E-state index in [1.165, 1.54) is 0 Å². The Labute approximate surface area is 70.9 Å². The molecule has 0 amide bonds. The molecule has 0 fully saturated rings. The van der Waals surface area contributed by atoms with Crippen LogP contribution in [0.5, 0.6) is 0 Å². The van der Waals surface area contributed by atoms with E-state index in [4.69, 9.17) is 12.0 Å². The summed E-state index contributed by atoms with van der Waals surface area (Å²) in [5, 5.41) is 17.9. The van der Waals surface area contributed by atoms with Crippen LogP contribution in [-0.4, -0.2) is 16.2 Å². The Balaban J connectivity index is 3.54. The number of carboxylic acid groups (broad SMARTS) is 1. The zero-order valence-electron chi connectivity index (χ0n) is 10.4. The molecule has 1 aromatic rings. The Kier molecular flexibility index (Phi) is 0.967. The lowest BCUT2D eigenvalue weighted by Crippen LogP contribution is -2.09. The van der Waals surface area contributed by atoms with Gasteiger partial charge in [-0.2, -0.15) is 0 Å². The molecular formula is C8H8O3. The van der Waals surface area contributed by atoms with Crippen LogP contribution in [0.1, 0.15) is 18.5 Å². The van der Waals surface area contributed by atoms with E-state index >= 15 is 0 Å². The average Bonchev–Trinajstić information content (AvgIpc) is 2.19. The molecule has 11 heavy (non-hydrogen) atoms. The van der Waals surface area contributed by atoms with Crippen molar-refractivity contribution in [1.29, 1.82) is 0 Å². The standard InChI is InChI=1S/C8H8O3/c9-7(8(10)11)6-4-2-1-3-5-6/h1-5,7,9H,(H,10,11)/i1D,2D,3D,4D,7D. The highest BCUT2D eigenvalue weighted by Gasteiger charge is 2.14. The van der Waals surface area contributed by atoms with Gasteiger partial charge in [0.05, 0.1) is 6.85 Å². The molecule has 0 radical (unpaired) electrons. The van der Waals surface area contributed by atoms with Gasteiger partial charge in [0.2, 0.25) is 0 Å². The molecule has 0 aliphatic rings. The van der Waals surface area contributed by atoms with Crippen molar-refractivity contribution in [3.63, 3.8) is 0 Å². The summed E-state index contributed by atoms with van der Waals surface area (Å²) in [6.07, 6.45) is -3.09. The van der Waals surface area contributed by atoms with Gasteiger partial charge in [-0.25, -0.2) is 4.79 Å². The Morgan fingerprint density at radius 1 is 1.64 bits per heavy atom. The van der Waals surface area contributed by atoms with Crippen LogP contribution in [0.2, 0.25) is 0 Å². The summed E-state index contributed by atoms with van der Waals surface area (Å²) in [5.74, 6) is -1.91. The predicted molar refractivity (Wildman–Crippen MR) is 39.0 cm³/mol. The highest BCUT2D eigenvalue weighted by atomic mass is 16.4. The third-order valence-corrected chi connectivity index (χ3v) is 1.01. The van der Waals surface area contributed by atoms with Gasteiger partial charge in [0.1, 0.15) is 0 Å². The number of benzene rings is 1. The lowest BCUT2D eigenvalue weighted by molar-refractivity contribution is -0.146. The second-order valence-electron chi connectivity index (χ2n) is 1.73. The molecule has 0 saturated carbocycles. The highest BCUT2D eigenvalue weighted by Crippen LogP contribution is 2.10. The molecule has 0 spiro atoms. The van der Waals surface area contributed by atoms with Crippen molar-refractivity contribution in [3.8, 4) is 0 Å². The monoisotopic (exact) mass is 157 g/mol. The summed E-state index contributed by atoms with van der Waals surface area (Å²) in [6.45, 7) is 0. The normalized spacial score (nSPS) is 21.7. The first-order valence-corrected chi connectivity index (χ1v) is 2.73. The number of hydrogen-bond acceptors (Lipinski definition) is 2. The number of hydrogen-bond donors (Lipinski definition) is 2. The van der Waals surface area contributed by atoms with E-state index in [2.05, 4.69) is 0 Å². The average molecular weight is 157 g/mol. The van der Waals surface area contributed by atoms with E-state index in [1.54, 1.807) is 0 Å². The number of carboxylic acids is 1. The Hall–Kier alpha value is -1.35. The van der Waals surface area contributed by atoms with Crippen molar-refractivity contribution in [2.45, 2.75) is 6.08 Å². The zero-order chi connectivity index (χ0) is 12.7. The largest absolute Gasteiger partial charge is 0.479 e. The quantitative estimate of drug-likeness (QED) is 0.667. The van der Waals surface area contributed by atoms with Crippen molar-refractivity contribution >= 4 is 5.97 Å². The summed E-state index contributed by atoms with van der Waals surface area (Å²) in [5.41, 5.74) is -0.689. The Morgan fingerprint density at radius 3 is 3.00 bits per heavy atom. The molecule has 1 aromatic carbocycles. The molecule has 58 valence electrons. The van der Waals surface area contributed by atoms with Gasteiger partial charge in [-0.15, -0.1) is 0 Å². The molecule has 0 heterocycles. The summed E-state index contributed by atoms with van der Waals surface area (Å²) in [4.78, 5) is 10.6. The maximum Gasteiger partial charge on any atom is 0.337 e. The summed E-state index contributed by atoms with van der Waals surface area (Å²) >= 11 is 0. The van der Waals surface area contributed by atoms with E-state index in [1.807, 2.05) is 0 Å². The van der Waals surface area contributed by atoms with E-state index in [0.717, 1.165) is 6.07 Å². The fourth-order valence-electron chi connectivity index (χ4n) is 0.522. The third-order valence-electron chi connectivity index (χ3n) is 1.01. The van der Waals surface area contributed by atoms with Crippen LogP contribution in [0, 0.1) is 0 Å². The van der Waals surface area contributed by atoms with Crippen molar-refractivity contribution < 1.29 is 21.9 Å². The molecular weight excluding hydrogens is 144 g/mol. The molecule has 2 N–H and O–H groups in total. The fourth-order valence-corrected chi connectivity index (χ4v) is 0.522. The molecule has 0 saturated heterocycles. The van der Waals surface area contributed by atoms with Crippen LogP contribution in [0.25, 0.3) is 0 Å². The molecule has 0 bridgehead atoms. The van der Waals surface area contributed by atoms with Crippen LogP contribution in [-0.2, 0) is 4.79 Å². The van der Waals surface area contributed by atoms with Crippen LogP contribution < -0.4 is 0 Å². The minimum atomic E-state index is -3.09. The van der Waals surface area contributed by atoms with Gasteiger partial charge in [-0.3, -0.25) is 0 Å². The van der Waals surface area contributed by atoms with Gasteiger partial charge in [-0.05, 0) is 5.56 Å². The van der Waals surface area contributed by atoms with Crippen LogP contribution >= 0.6 is 0 Å². The van der Waals surface area contributed by atoms with E-state index in [0.29, 0.717) is 0 Å². The fraction of sp³-hybridized carbons (Fsp3) is 0.125. The van der Waals surface area contributed by atoms with Crippen molar-refractivity contribution in [3.05, 3.63) is 35.8 Å². The number of aliphatic carboxylic acids is 1. The summed E-state index contributed by atoms with van der Waals surface area (Å²) < 4.78 is 36.2. The molecule has 1 rings (SSSR count). The number of rotatable bonds is 2. The first-order chi connectivity index (χ1) is 7.19. The van der Waals surface area contributed by atoms with Crippen LogP contribution in [0.4, 0.5) is 0 Å². The molecule has 0 aromatic heterocycles. The SMILES string of the molecule is [2H]c1cc(C([2H])(O)C(=O)O)c([2H])c([2H])c1[2H]. The van der Waals surface area contributed by atoms with E-state index in [9.17, 15) is 9.90 Å². The van der Waals surface area contributed by atoms with Gasteiger partial charge in [0.25, 0.3) is 0 Å². The van der Waals surface area contributed by atoms with Gasteiger partial charge in [0, 0.05) is 0 Å². The molecule has 1 atom stereocenters. The minimum absolute atomic E-state index is 0.511. The minimum Gasteiger partial charge on any atom is -0.479 e. The third kappa shape index (κ3) is 1.78. The second-order valence-corrected chi connectivity index (χ2v) is 1.73. The maximum atomic E-state index is 10.6. The topological polar surface area (TPSA) is 57.5 Å². The van der Waals surface area contributed by atoms with Gasteiger partial charge < -0.3 is 10.2 Å². The van der Waals surface area contributed by atoms with E-state index < -0.39 is 41.8 Å². The maximum absolute atomic E-state index is 10.6. The molecule has 0 aliphatic carbocycles. The Bertz CT molecular complexity index is 457. The number of aliphatic hydroxyl groups is 1. The highest BCUT2D eigenvalue weighted by molar-refractivity contribution is 5.73. The molecule has 0 aliphatic heterocycles. The summed E-state index contributed by atoms with van der Waals surface area (Å²) in [6, 6.07) is -1.74. The number of carbonyl (C=O) groups is 1. The molecule has 1 unspecified atom stereocenters. The van der Waals surface area contributed by atoms with Crippen LogP contribution in [0.15, 0.2) is 30.2 Å². The van der Waals surface area contributed by atoms with Crippen molar-refractivity contribution in [1.82, 2.24) is 0 Å². The van der Waals surface area contributed by atoms with Gasteiger partial charge >= 0.3 is 5.97 Å². The zero-order valence-corrected chi connectivity index (χ0v) is 5.38. The lowest BCUT2D eigenvalue weighted by Gasteiger charge is -2.03. The predicted octanol–water partition coefficient (Wildman–Crippen LogP) is 0.805.